The van der Waals surface area contributed by atoms with Crippen molar-refractivity contribution < 1.29 is 8.42 Å². The van der Waals surface area contributed by atoms with Gasteiger partial charge in [0.25, 0.3) is 9.05 Å². The molecule has 0 aliphatic rings. The van der Waals surface area contributed by atoms with E-state index >= 15 is 0 Å². The Morgan fingerprint density at radius 3 is 1.95 bits per heavy atom. The van der Waals surface area contributed by atoms with Crippen LogP contribution in [-0.4, -0.2) is 8.42 Å². The van der Waals surface area contributed by atoms with Crippen LogP contribution in [0.4, 0.5) is 0 Å². The molecule has 0 unspecified atom stereocenters. The summed E-state index contributed by atoms with van der Waals surface area (Å²) in [7, 11) is 1.43. The average molecular weight is 391 g/mol. The van der Waals surface area contributed by atoms with Gasteiger partial charge in [-0.1, -0.05) is 52.5 Å². The lowest BCUT2D eigenvalue weighted by Crippen LogP contribution is -1.95. The van der Waals surface area contributed by atoms with E-state index in [1.807, 2.05) is 0 Å². The molecule has 2 rings (SSSR count). The zero-order valence-corrected chi connectivity index (χ0v) is 14.1. The second-order valence-electron chi connectivity index (χ2n) is 3.82. The Morgan fingerprint density at radius 2 is 1.35 bits per heavy atom. The van der Waals surface area contributed by atoms with Gasteiger partial charge in [0.2, 0.25) is 0 Å². The van der Waals surface area contributed by atoms with Crippen LogP contribution >= 0.6 is 57.1 Å². The van der Waals surface area contributed by atoms with Gasteiger partial charge in [0.05, 0.1) is 20.0 Å². The van der Waals surface area contributed by atoms with Crippen LogP contribution in [-0.2, 0) is 9.05 Å². The Bertz CT molecular complexity index is 787. The molecule has 0 spiro atoms. The lowest BCUT2D eigenvalue weighted by molar-refractivity contribution is 0.610. The third-order valence-corrected chi connectivity index (χ3v) is 5.14. The molecule has 2 aromatic carbocycles. The van der Waals surface area contributed by atoms with Gasteiger partial charge >= 0.3 is 0 Å². The topological polar surface area (TPSA) is 34.1 Å². The number of rotatable bonds is 2. The minimum atomic E-state index is -3.99. The third-order valence-electron chi connectivity index (χ3n) is 2.51. The maximum absolute atomic E-state index is 11.6. The van der Waals surface area contributed by atoms with Gasteiger partial charge in [-0.25, -0.2) is 8.42 Å². The standard InChI is InChI=1S/C12H5Cl5O2S/c13-6-1-2-7(12(3-6)20(17,18)19)8-4-10(15)11(16)5-9(8)14/h1-5H. The first-order valence-corrected chi connectivity index (χ1v) is 8.91. The molecule has 0 bridgehead atoms. The second-order valence-corrected chi connectivity index (χ2v) is 8.02. The molecule has 0 saturated heterocycles. The van der Waals surface area contributed by atoms with Crippen LogP contribution in [0.15, 0.2) is 35.2 Å². The molecule has 106 valence electrons. The molecule has 0 saturated carbocycles. The molecule has 0 radical (unpaired) electrons. The summed E-state index contributed by atoms with van der Waals surface area (Å²) in [5.74, 6) is 0. The van der Waals surface area contributed by atoms with Gasteiger partial charge < -0.3 is 0 Å². The first-order valence-electron chi connectivity index (χ1n) is 5.09. The van der Waals surface area contributed by atoms with Crippen molar-refractivity contribution in [2.75, 3.05) is 0 Å². The van der Waals surface area contributed by atoms with Gasteiger partial charge in [0, 0.05) is 26.8 Å². The molecular formula is C12H5Cl5O2S. The molecule has 2 nitrogen and oxygen atoms in total. The van der Waals surface area contributed by atoms with E-state index in [0.29, 0.717) is 11.1 Å². The fourth-order valence-electron chi connectivity index (χ4n) is 1.65. The largest absolute Gasteiger partial charge is 0.261 e. The van der Waals surface area contributed by atoms with Crippen LogP contribution in [0.1, 0.15) is 0 Å². The van der Waals surface area contributed by atoms with Gasteiger partial charge in [-0.2, -0.15) is 0 Å². The molecule has 20 heavy (non-hydrogen) atoms. The summed E-state index contributed by atoms with van der Waals surface area (Å²) in [6.45, 7) is 0. The SMILES string of the molecule is O=S(=O)(Cl)c1cc(Cl)ccc1-c1cc(Cl)c(Cl)cc1Cl. The molecule has 0 fully saturated rings. The maximum Gasteiger partial charge on any atom is 0.261 e. The Hall–Kier alpha value is -0.160. The van der Waals surface area contributed by atoms with Crippen LogP contribution in [0, 0.1) is 0 Å². The monoisotopic (exact) mass is 388 g/mol. The molecule has 2 aromatic rings. The van der Waals surface area contributed by atoms with Crippen molar-refractivity contribution >= 4 is 66.1 Å². The van der Waals surface area contributed by atoms with Gasteiger partial charge in [-0.15, -0.1) is 0 Å². The summed E-state index contributed by atoms with van der Waals surface area (Å²) < 4.78 is 23.3. The van der Waals surface area contributed by atoms with Crippen LogP contribution in [0.3, 0.4) is 0 Å². The van der Waals surface area contributed by atoms with E-state index in [2.05, 4.69) is 0 Å². The lowest BCUT2D eigenvalue weighted by atomic mass is 10.1. The number of hydrogen-bond donors (Lipinski definition) is 0. The van der Waals surface area contributed by atoms with Gasteiger partial charge in [0.1, 0.15) is 0 Å². The number of hydrogen-bond acceptors (Lipinski definition) is 2. The highest BCUT2D eigenvalue weighted by molar-refractivity contribution is 8.13. The molecule has 8 heteroatoms. The van der Waals surface area contributed by atoms with Gasteiger partial charge in [0.15, 0.2) is 0 Å². The molecule has 0 atom stereocenters. The summed E-state index contributed by atoms with van der Waals surface area (Å²) in [5, 5.41) is 1.01. The van der Waals surface area contributed by atoms with Crippen molar-refractivity contribution in [2.24, 2.45) is 0 Å². The first kappa shape index (κ1) is 16.2. The van der Waals surface area contributed by atoms with E-state index in [0.717, 1.165) is 0 Å². The predicted molar refractivity (Wildman–Crippen MR) is 85.0 cm³/mol. The normalized spacial score (nSPS) is 11.7. The highest BCUT2D eigenvalue weighted by Gasteiger charge is 2.20. The first-order chi connectivity index (χ1) is 9.20. The van der Waals surface area contributed by atoms with Crippen LogP contribution in [0.5, 0.6) is 0 Å². The summed E-state index contributed by atoms with van der Waals surface area (Å²) in [5.41, 5.74) is 0.699. The molecule has 0 heterocycles. The van der Waals surface area contributed by atoms with Gasteiger partial charge in [-0.3, -0.25) is 0 Å². The van der Waals surface area contributed by atoms with Crippen molar-refractivity contribution in [1.29, 1.82) is 0 Å². The molecule has 0 amide bonds. The van der Waals surface area contributed by atoms with E-state index in [9.17, 15) is 8.42 Å². The fourth-order valence-corrected chi connectivity index (χ4v) is 3.63. The maximum atomic E-state index is 11.6. The van der Waals surface area contributed by atoms with E-state index in [1.165, 1.54) is 30.3 Å². The number of halogens is 5. The summed E-state index contributed by atoms with van der Waals surface area (Å²) in [6, 6.07) is 7.18. The molecule has 0 N–H and O–H groups in total. The Balaban J connectivity index is 2.80. The van der Waals surface area contributed by atoms with Crippen LogP contribution < -0.4 is 0 Å². The fraction of sp³-hybridized carbons (Fsp3) is 0. The molecule has 0 aliphatic carbocycles. The van der Waals surface area contributed by atoms with E-state index in [4.69, 9.17) is 57.1 Å². The van der Waals surface area contributed by atoms with Crippen LogP contribution in [0.2, 0.25) is 20.1 Å². The van der Waals surface area contributed by atoms with E-state index < -0.39 is 9.05 Å². The second kappa shape index (κ2) is 5.91. The van der Waals surface area contributed by atoms with Crippen molar-refractivity contribution in [3.05, 3.63) is 50.4 Å². The van der Waals surface area contributed by atoms with Crippen molar-refractivity contribution in [1.82, 2.24) is 0 Å². The van der Waals surface area contributed by atoms with Crippen LogP contribution in [0.25, 0.3) is 11.1 Å². The highest BCUT2D eigenvalue weighted by atomic mass is 35.7. The minimum Gasteiger partial charge on any atom is -0.207 e. The summed E-state index contributed by atoms with van der Waals surface area (Å²) in [6.07, 6.45) is 0. The Kier molecular flexibility index (Phi) is 4.80. The van der Waals surface area contributed by atoms with Crippen molar-refractivity contribution in [2.45, 2.75) is 4.90 Å². The van der Waals surface area contributed by atoms with Crippen molar-refractivity contribution in [3.8, 4) is 11.1 Å². The average Bonchev–Trinajstić information content (AvgIpc) is 2.33. The summed E-state index contributed by atoms with van der Waals surface area (Å²) >= 11 is 23.7. The summed E-state index contributed by atoms with van der Waals surface area (Å²) in [4.78, 5) is -0.146. The quantitative estimate of drug-likeness (QED) is 0.473. The zero-order valence-electron chi connectivity index (χ0n) is 9.50. The minimum absolute atomic E-state index is 0.146. The lowest BCUT2D eigenvalue weighted by Gasteiger charge is -2.11. The molecule has 0 aromatic heterocycles. The van der Waals surface area contributed by atoms with Gasteiger partial charge in [-0.05, 0) is 24.3 Å². The third kappa shape index (κ3) is 3.35. The van der Waals surface area contributed by atoms with Crippen molar-refractivity contribution in [3.63, 3.8) is 0 Å². The Labute approximate surface area is 140 Å². The highest BCUT2D eigenvalue weighted by Crippen LogP contribution is 2.39. The smallest absolute Gasteiger partial charge is 0.207 e. The predicted octanol–water partition coefficient (Wildman–Crippen LogP) is 5.89. The zero-order chi connectivity index (χ0) is 15.1. The molecule has 0 aliphatic heterocycles. The van der Waals surface area contributed by atoms with E-state index in [1.54, 1.807) is 0 Å². The Morgan fingerprint density at radius 1 is 0.750 bits per heavy atom. The molecular weight excluding hydrogens is 385 g/mol. The number of benzene rings is 2. The van der Waals surface area contributed by atoms with E-state index in [-0.39, 0.29) is 25.0 Å².